The molecule has 1 unspecified atom stereocenters. The lowest BCUT2D eigenvalue weighted by Crippen LogP contribution is -2.29. The van der Waals surface area contributed by atoms with Crippen LogP contribution in [-0.4, -0.2) is 23.5 Å². The lowest BCUT2D eigenvalue weighted by Gasteiger charge is -2.09. The van der Waals surface area contributed by atoms with Crippen LogP contribution in [-0.2, 0) is 0 Å². The Labute approximate surface area is 134 Å². The van der Waals surface area contributed by atoms with Gasteiger partial charge in [-0.3, -0.25) is 4.79 Å². The Morgan fingerprint density at radius 1 is 1.50 bits per heavy atom. The minimum atomic E-state index is -0.0527. The van der Waals surface area contributed by atoms with Crippen LogP contribution in [0.3, 0.4) is 0 Å². The first-order chi connectivity index (χ1) is 9.66. The molecule has 2 heterocycles. The molecule has 3 N–H and O–H groups in total. The Bertz CT molecular complexity index is 650. The number of nitrogens with one attached hydrogen (secondary N) is 1. The number of benzene rings is 1. The highest BCUT2D eigenvalue weighted by Crippen LogP contribution is 2.38. The summed E-state index contributed by atoms with van der Waals surface area (Å²) in [4.78, 5) is 12.9. The number of nitrogens with two attached hydrogens (primary N) is 1. The van der Waals surface area contributed by atoms with E-state index in [4.69, 9.17) is 5.73 Å². The predicted octanol–water partition coefficient (Wildman–Crippen LogP) is 3.87. The summed E-state index contributed by atoms with van der Waals surface area (Å²) < 4.78 is 1.98. The number of fused-ring (bicyclic) bond motifs is 1. The highest BCUT2D eigenvalue weighted by atomic mass is 79.9. The molecule has 1 aromatic carbocycles. The van der Waals surface area contributed by atoms with E-state index in [1.165, 1.54) is 29.9 Å². The predicted molar refractivity (Wildman–Crippen MR) is 91.8 cm³/mol. The molecule has 1 atom stereocenters. The summed E-state index contributed by atoms with van der Waals surface area (Å²) in [5.74, 6) is 1.15. The Kier molecular flexibility index (Phi) is 4.23. The van der Waals surface area contributed by atoms with Gasteiger partial charge in [-0.2, -0.15) is 11.8 Å². The van der Waals surface area contributed by atoms with Gasteiger partial charge in [0, 0.05) is 26.4 Å². The molecule has 0 radical (unpaired) electrons. The first kappa shape index (κ1) is 14.2. The molecule has 3 nitrogen and oxygen atoms in total. The van der Waals surface area contributed by atoms with E-state index in [0.717, 1.165) is 21.1 Å². The van der Waals surface area contributed by atoms with Crippen LogP contribution < -0.4 is 11.1 Å². The van der Waals surface area contributed by atoms with Crippen LogP contribution in [0.15, 0.2) is 22.7 Å². The smallest absolute Gasteiger partial charge is 0.263 e. The molecule has 1 amide bonds. The first-order valence-electron chi connectivity index (χ1n) is 6.53. The van der Waals surface area contributed by atoms with Gasteiger partial charge in [-0.1, -0.05) is 22.0 Å². The van der Waals surface area contributed by atoms with Gasteiger partial charge in [0.25, 0.3) is 5.91 Å². The van der Waals surface area contributed by atoms with Gasteiger partial charge in [0.05, 0.1) is 5.69 Å². The van der Waals surface area contributed by atoms with Crippen LogP contribution in [0.2, 0.25) is 0 Å². The van der Waals surface area contributed by atoms with E-state index in [9.17, 15) is 4.79 Å². The van der Waals surface area contributed by atoms with Gasteiger partial charge < -0.3 is 11.1 Å². The van der Waals surface area contributed by atoms with Gasteiger partial charge in [0.15, 0.2) is 0 Å². The van der Waals surface area contributed by atoms with Crippen molar-refractivity contribution in [1.29, 1.82) is 0 Å². The Morgan fingerprint density at radius 2 is 2.35 bits per heavy atom. The second kappa shape index (κ2) is 5.95. The number of carbonyl (C=O) groups is 1. The van der Waals surface area contributed by atoms with Gasteiger partial charge in [-0.25, -0.2) is 0 Å². The second-order valence-corrected chi connectivity index (χ2v) is 8.12. The molecule has 0 saturated carbocycles. The lowest BCUT2D eigenvalue weighted by atomic mass is 10.2. The van der Waals surface area contributed by atoms with Crippen LogP contribution in [0.1, 0.15) is 22.5 Å². The van der Waals surface area contributed by atoms with E-state index in [0.29, 0.717) is 15.8 Å². The topological polar surface area (TPSA) is 55.1 Å². The van der Waals surface area contributed by atoms with Crippen molar-refractivity contribution in [2.45, 2.75) is 18.1 Å². The molecule has 3 rings (SSSR count). The number of thioether (sulfide) groups is 1. The number of thiophene rings is 1. The summed E-state index contributed by atoms with van der Waals surface area (Å²) in [6.45, 7) is 0.734. The summed E-state index contributed by atoms with van der Waals surface area (Å²) in [5.41, 5.74) is 6.72. The summed E-state index contributed by atoms with van der Waals surface area (Å²) in [6, 6.07) is 5.90. The van der Waals surface area contributed by atoms with Gasteiger partial charge >= 0.3 is 0 Å². The van der Waals surface area contributed by atoms with E-state index in [1.807, 2.05) is 30.0 Å². The van der Waals surface area contributed by atoms with Crippen LogP contribution in [0, 0.1) is 0 Å². The van der Waals surface area contributed by atoms with Gasteiger partial charge in [0.1, 0.15) is 4.88 Å². The van der Waals surface area contributed by atoms with Crippen molar-refractivity contribution < 1.29 is 4.79 Å². The Balaban J connectivity index is 1.80. The Hall–Kier alpha value is -0.720. The molecular weight excluding hydrogens is 356 g/mol. The standard InChI is InChI=1S/C14H15BrN2OS2/c15-9-4-1-5-10-11(9)12(16)13(20-10)14(18)17-7-8-3-2-6-19-8/h1,4-5,8H,2-3,6-7,16H2,(H,17,18). The average Bonchev–Trinajstić information content (AvgIpc) is 3.05. The van der Waals surface area contributed by atoms with Crippen LogP contribution >= 0.6 is 39.0 Å². The quantitative estimate of drug-likeness (QED) is 0.861. The number of hydrogen-bond acceptors (Lipinski definition) is 4. The zero-order valence-corrected chi connectivity index (χ0v) is 14.0. The number of rotatable bonds is 3. The molecule has 106 valence electrons. The largest absolute Gasteiger partial charge is 0.397 e. The summed E-state index contributed by atoms with van der Waals surface area (Å²) in [5, 5.41) is 4.52. The third kappa shape index (κ3) is 2.69. The minimum absolute atomic E-state index is 0.0527. The van der Waals surface area contributed by atoms with Gasteiger partial charge in [0.2, 0.25) is 0 Å². The molecule has 1 saturated heterocycles. The fourth-order valence-electron chi connectivity index (χ4n) is 2.39. The Morgan fingerprint density at radius 3 is 3.05 bits per heavy atom. The van der Waals surface area contributed by atoms with Crippen LogP contribution in [0.4, 0.5) is 5.69 Å². The van der Waals surface area contributed by atoms with Crippen molar-refractivity contribution in [1.82, 2.24) is 5.32 Å². The molecule has 0 bridgehead atoms. The van der Waals surface area contributed by atoms with Gasteiger partial charge in [-0.15, -0.1) is 11.3 Å². The summed E-state index contributed by atoms with van der Waals surface area (Å²) in [7, 11) is 0. The molecule has 2 aromatic rings. The highest BCUT2D eigenvalue weighted by molar-refractivity contribution is 9.10. The third-order valence-corrected chi connectivity index (χ3v) is 6.65. The van der Waals surface area contributed by atoms with Crippen molar-refractivity contribution in [3.05, 3.63) is 27.5 Å². The molecular formula is C14H15BrN2OS2. The molecule has 1 aliphatic heterocycles. The van der Waals surface area contributed by atoms with E-state index in [2.05, 4.69) is 21.2 Å². The number of carbonyl (C=O) groups excluding carboxylic acids is 1. The highest BCUT2D eigenvalue weighted by Gasteiger charge is 2.20. The molecule has 20 heavy (non-hydrogen) atoms. The SMILES string of the molecule is Nc1c(C(=O)NCC2CCCS2)sc2cccc(Br)c12. The van der Waals surface area contributed by atoms with Crippen LogP contribution in [0.25, 0.3) is 10.1 Å². The average molecular weight is 371 g/mol. The zero-order chi connectivity index (χ0) is 14.1. The fourth-order valence-corrected chi connectivity index (χ4v) is 5.37. The normalized spacial score (nSPS) is 18.6. The number of amides is 1. The third-order valence-electron chi connectivity index (χ3n) is 3.42. The maximum absolute atomic E-state index is 12.3. The molecule has 0 spiro atoms. The monoisotopic (exact) mass is 370 g/mol. The van der Waals surface area contributed by atoms with E-state index >= 15 is 0 Å². The van der Waals surface area contributed by atoms with Crippen molar-refractivity contribution in [3.8, 4) is 0 Å². The van der Waals surface area contributed by atoms with E-state index in [1.54, 1.807) is 0 Å². The fraction of sp³-hybridized carbons (Fsp3) is 0.357. The van der Waals surface area contributed by atoms with Crippen molar-refractivity contribution in [3.63, 3.8) is 0 Å². The maximum Gasteiger partial charge on any atom is 0.263 e. The van der Waals surface area contributed by atoms with Crippen LogP contribution in [0.5, 0.6) is 0 Å². The van der Waals surface area contributed by atoms with Crippen molar-refractivity contribution >= 4 is 60.7 Å². The number of hydrogen-bond donors (Lipinski definition) is 2. The summed E-state index contributed by atoms with van der Waals surface area (Å²) >= 11 is 6.89. The number of halogens is 1. The minimum Gasteiger partial charge on any atom is -0.397 e. The molecule has 1 aromatic heterocycles. The first-order valence-corrected chi connectivity index (χ1v) is 9.19. The molecule has 6 heteroatoms. The zero-order valence-electron chi connectivity index (χ0n) is 10.8. The van der Waals surface area contributed by atoms with Gasteiger partial charge in [-0.05, 0) is 30.7 Å². The van der Waals surface area contributed by atoms with Crippen molar-refractivity contribution in [2.75, 3.05) is 18.0 Å². The summed E-state index contributed by atoms with van der Waals surface area (Å²) in [6.07, 6.45) is 2.45. The van der Waals surface area contributed by atoms with E-state index in [-0.39, 0.29) is 5.91 Å². The van der Waals surface area contributed by atoms with E-state index < -0.39 is 0 Å². The molecule has 0 aliphatic carbocycles. The molecule has 1 aliphatic rings. The number of anilines is 1. The maximum atomic E-state index is 12.3. The molecule has 1 fully saturated rings. The number of nitrogen functional groups attached to an aromatic ring is 1. The second-order valence-electron chi connectivity index (χ2n) is 4.80. The lowest BCUT2D eigenvalue weighted by molar-refractivity contribution is 0.0958. The van der Waals surface area contributed by atoms with Crippen molar-refractivity contribution in [2.24, 2.45) is 0 Å².